The maximum atomic E-state index is 12.7. The summed E-state index contributed by atoms with van der Waals surface area (Å²) in [5, 5.41) is 12.7. The number of oxazole rings is 1. The monoisotopic (exact) mass is 568 g/mol. The van der Waals surface area contributed by atoms with Crippen LogP contribution in [-0.2, 0) is 17.6 Å². The predicted molar refractivity (Wildman–Crippen MR) is 161 cm³/mol. The third kappa shape index (κ3) is 8.57. The zero-order valence-electron chi connectivity index (χ0n) is 24.3. The number of hydrogen-bond donors (Lipinski definition) is 2. The van der Waals surface area contributed by atoms with E-state index in [0.717, 1.165) is 22.6 Å². The highest BCUT2D eigenvalue weighted by atomic mass is 16.5. The first-order valence-corrected chi connectivity index (χ1v) is 13.9. The van der Waals surface area contributed by atoms with Gasteiger partial charge in [-0.3, -0.25) is 4.79 Å². The molecule has 4 aromatic rings. The second-order valence-corrected chi connectivity index (χ2v) is 10.3. The van der Waals surface area contributed by atoms with E-state index in [2.05, 4.69) is 10.3 Å². The van der Waals surface area contributed by atoms with Crippen LogP contribution in [0.15, 0.2) is 95.1 Å². The quantitative estimate of drug-likeness (QED) is 0.132. The minimum atomic E-state index is -1.01. The van der Waals surface area contributed by atoms with E-state index in [-0.39, 0.29) is 18.3 Å². The van der Waals surface area contributed by atoms with Crippen LogP contribution in [0, 0.1) is 6.92 Å². The standard InChI is InChI=1S/C34H36N2O6/c1-22(2)41-29-16-12-26(13-17-29)32(37)20-23(3)35-31(34(38)39)21-25-10-14-28(15-11-25)40-19-18-30-24(4)42-33(36-30)27-8-6-5-7-9-27/h5-17,20,22,31,35H,18-19,21H2,1-4H3,(H,38,39)/b23-20+/t31-/m0/s1. The van der Waals surface area contributed by atoms with Gasteiger partial charge >= 0.3 is 5.97 Å². The number of carboxylic acid groups (broad SMARTS) is 1. The third-order valence-electron chi connectivity index (χ3n) is 6.44. The minimum absolute atomic E-state index is 0.0401. The summed E-state index contributed by atoms with van der Waals surface area (Å²) < 4.78 is 17.3. The Bertz CT molecular complexity index is 1510. The number of nitrogens with one attached hydrogen (secondary N) is 1. The highest BCUT2D eigenvalue weighted by Crippen LogP contribution is 2.22. The molecular weight excluding hydrogens is 532 g/mol. The summed E-state index contributed by atoms with van der Waals surface area (Å²) in [5.74, 6) is 1.48. The normalized spacial score (nSPS) is 12.2. The van der Waals surface area contributed by atoms with Gasteiger partial charge in [0.25, 0.3) is 0 Å². The van der Waals surface area contributed by atoms with Crippen LogP contribution in [-0.4, -0.2) is 40.6 Å². The van der Waals surface area contributed by atoms with Crippen LogP contribution in [0.5, 0.6) is 11.5 Å². The summed E-state index contributed by atoms with van der Waals surface area (Å²) >= 11 is 0. The van der Waals surface area contributed by atoms with Gasteiger partial charge in [-0.15, -0.1) is 0 Å². The maximum Gasteiger partial charge on any atom is 0.326 e. The number of aryl methyl sites for hydroxylation is 1. The number of ketones is 1. The van der Waals surface area contributed by atoms with E-state index in [1.807, 2.05) is 75.4 Å². The molecule has 4 rings (SSSR count). The number of carbonyl (C=O) groups excluding carboxylic acids is 1. The molecule has 0 saturated heterocycles. The van der Waals surface area contributed by atoms with Gasteiger partial charge in [-0.05, 0) is 81.8 Å². The molecule has 1 aromatic heterocycles. The second-order valence-electron chi connectivity index (χ2n) is 10.3. The van der Waals surface area contributed by atoms with Gasteiger partial charge in [-0.1, -0.05) is 30.3 Å². The van der Waals surface area contributed by atoms with Crippen molar-refractivity contribution in [2.45, 2.75) is 52.7 Å². The van der Waals surface area contributed by atoms with Crippen molar-refractivity contribution in [1.82, 2.24) is 10.3 Å². The fourth-order valence-corrected chi connectivity index (χ4v) is 4.35. The molecule has 0 aliphatic rings. The number of rotatable bonds is 14. The van der Waals surface area contributed by atoms with Crippen molar-refractivity contribution in [3.05, 3.63) is 113 Å². The highest BCUT2D eigenvalue weighted by Gasteiger charge is 2.18. The van der Waals surface area contributed by atoms with Crippen molar-refractivity contribution in [3.8, 4) is 23.0 Å². The number of aliphatic carboxylic acids is 1. The lowest BCUT2D eigenvalue weighted by molar-refractivity contribution is -0.139. The van der Waals surface area contributed by atoms with Crippen molar-refractivity contribution in [3.63, 3.8) is 0 Å². The van der Waals surface area contributed by atoms with Crippen molar-refractivity contribution in [1.29, 1.82) is 0 Å². The summed E-state index contributed by atoms with van der Waals surface area (Å²) in [6, 6.07) is 23.0. The van der Waals surface area contributed by atoms with Gasteiger partial charge in [-0.2, -0.15) is 0 Å². The second kappa shape index (κ2) is 14.2. The van der Waals surface area contributed by atoms with Crippen LogP contribution < -0.4 is 14.8 Å². The zero-order valence-corrected chi connectivity index (χ0v) is 24.3. The molecule has 3 aromatic carbocycles. The van der Waals surface area contributed by atoms with Gasteiger partial charge in [0.05, 0.1) is 18.4 Å². The molecule has 218 valence electrons. The lowest BCUT2D eigenvalue weighted by Crippen LogP contribution is -2.37. The first-order valence-electron chi connectivity index (χ1n) is 13.9. The van der Waals surface area contributed by atoms with E-state index in [9.17, 15) is 14.7 Å². The molecule has 2 N–H and O–H groups in total. The average Bonchev–Trinajstić information content (AvgIpc) is 3.34. The number of aromatic nitrogens is 1. The number of carbonyl (C=O) groups is 2. The number of ether oxygens (including phenoxy) is 2. The number of hydrogen-bond acceptors (Lipinski definition) is 7. The van der Waals surface area contributed by atoms with Gasteiger partial charge < -0.3 is 24.3 Å². The van der Waals surface area contributed by atoms with Crippen LogP contribution in [0.1, 0.15) is 48.1 Å². The molecule has 1 heterocycles. The Morgan fingerprint density at radius 1 is 0.976 bits per heavy atom. The Labute approximate surface area is 246 Å². The molecule has 0 unspecified atom stereocenters. The molecule has 0 fully saturated rings. The van der Waals surface area contributed by atoms with Gasteiger partial charge in [-0.25, -0.2) is 9.78 Å². The molecule has 0 aliphatic carbocycles. The van der Waals surface area contributed by atoms with Crippen LogP contribution in [0.4, 0.5) is 0 Å². The van der Waals surface area contributed by atoms with Crippen molar-refractivity contribution in [2.75, 3.05) is 6.61 Å². The Morgan fingerprint density at radius 3 is 2.29 bits per heavy atom. The van der Waals surface area contributed by atoms with E-state index < -0.39 is 12.0 Å². The Hall–Kier alpha value is -4.85. The molecule has 0 bridgehead atoms. The van der Waals surface area contributed by atoms with E-state index in [1.165, 1.54) is 6.08 Å². The van der Waals surface area contributed by atoms with E-state index in [4.69, 9.17) is 13.9 Å². The lowest BCUT2D eigenvalue weighted by Gasteiger charge is -2.16. The van der Waals surface area contributed by atoms with E-state index >= 15 is 0 Å². The Morgan fingerprint density at radius 2 is 1.64 bits per heavy atom. The first-order chi connectivity index (χ1) is 20.2. The highest BCUT2D eigenvalue weighted by molar-refractivity contribution is 6.04. The molecule has 42 heavy (non-hydrogen) atoms. The molecule has 0 saturated carbocycles. The minimum Gasteiger partial charge on any atom is -0.493 e. The van der Waals surface area contributed by atoms with Crippen molar-refractivity contribution >= 4 is 11.8 Å². The Kier molecular flexibility index (Phi) is 10.2. The summed E-state index contributed by atoms with van der Waals surface area (Å²) in [7, 11) is 0. The Balaban J connectivity index is 1.29. The van der Waals surface area contributed by atoms with Crippen LogP contribution in [0.25, 0.3) is 11.5 Å². The maximum absolute atomic E-state index is 12.7. The van der Waals surface area contributed by atoms with Crippen LogP contribution in [0.2, 0.25) is 0 Å². The fraction of sp³-hybridized carbons (Fsp3) is 0.265. The zero-order chi connectivity index (χ0) is 30.1. The van der Waals surface area contributed by atoms with Crippen LogP contribution >= 0.6 is 0 Å². The summed E-state index contributed by atoms with van der Waals surface area (Å²) in [6.45, 7) is 7.86. The predicted octanol–water partition coefficient (Wildman–Crippen LogP) is 6.43. The van der Waals surface area contributed by atoms with Crippen LogP contribution in [0.3, 0.4) is 0 Å². The molecule has 0 aliphatic heterocycles. The van der Waals surface area contributed by atoms with Crippen molar-refractivity contribution < 1.29 is 28.6 Å². The number of benzene rings is 3. The molecule has 0 amide bonds. The average molecular weight is 569 g/mol. The van der Waals surface area contributed by atoms with E-state index in [1.54, 1.807) is 31.2 Å². The molecule has 8 nitrogen and oxygen atoms in total. The van der Waals surface area contributed by atoms with Crippen molar-refractivity contribution in [2.24, 2.45) is 0 Å². The smallest absolute Gasteiger partial charge is 0.326 e. The number of allylic oxidation sites excluding steroid dienone is 2. The largest absolute Gasteiger partial charge is 0.493 e. The summed E-state index contributed by atoms with van der Waals surface area (Å²) in [6.07, 6.45) is 2.27. The molecule has 1 atom stereocenters. The molecule has 8 heteroatoms. The summed E-state index contributed by atoms with van der Waals surface area (Å²) in [5.41, 5.74) is 3.55. The molecule has 0 radical (unpaired) electrons. The number of carboxylic acids is 1. The fourth-order valence-electron chi connectivity index (χ4n) is 4.35. The SMILES string of the molecule is C/C(=C\C(=O)c1ccc(OC(C)C)cc1)N[C@@H](Cc1ccc(OCCc2nc(-c3ccccc3)oc2C)cc1)C(=O)O. The number of nitrogens with zero attached hydrogens (tertiary/aromatic N) is 1. The topological polar surface area (TPSA) is 111 Å². The molecular formula is C34H36N2O6. The lowest BCUT2D eigenvalue weighted by atomic mass is 10.0. The van der Waals surface area contributed by atoms with Gasteiger partial charge in [0.1, 0.15) is 23.3 Å². The third-order valence-corrected chi connectivity index (χ3v) is 6.44. The van der Waals surface area contributed by atoms with Gasteiger partial charge in [0, 0.05) is 35.7 Å². The van der Waals surface area contributed by atoms with Gasteiger partial charge in [0.15, 0.2) is 5.78 Å². The molecule has 0 spiro atoms. The van der Waals surface area contributed by atoms with Gasteiger partial charge in [0.2, 0.25) is 5.89 Å². The van der Waals surface area contributed by atoms with E-state index in [0.29, 0.717) is 41.7 Å². The summed E-state index contributed by atoms with van der Waals surface area (Å²) in [4.78, 5) is 29.2. The first kappa shape index (κ1) is 30.1.